The first-order valence-corrected chi connectivity index (χ1v) is 4.56. The molecule has 1 aromatic heterocycles. The van der Waals surface area contributed by atoms with E-state index in [9.17, 15) is 9.59 Å². The molecule has 6 heteroatoms. The van der Waals surface area contributed by atoms with Crippen LogP contribution in [0.15, 0.2) is 27.9 Å². The van der Waals surface area contributed by atoms with Gasteiger partial charge in [-0.1, -0.05) is 6.08 Å². The molecule has 0 saturated heterocycles. The van der Waals surface area contributed by atoms with E-state index in [2.05, 4.69) is 0 Å². The minimum absolute atomic E-state index is 0.315. The van der Waals surface area contributed by atoms with Crippen molar-refractivity contribution < 1.29 is 15.3 Å². The van der Waals surface area contributed by atoms with E-state index in [1.54, 1.807) is 0 Å². The van der Waals surface area contributed by atoms with Crippen LogP contribution in [0, 0.1) is 6.85 Å². The number of nitrogens with zero attached hydrogens (tertiary/aromatic N) is 1. The SMILES string of the molecule is [2H]c1c(C([2H])([2H])[2H])c(=O)[nH]c(=O)n1[C@H]1C=C[C@@H](CO)O1. The van der Waals surface area contributed by atoms with Gasteiger partial charge in [0.1, 0.15) is 6.10 Å². The highest BCUT2D eigenvalue weighted by Crippen LogP contribution is 2.18. The fraction of sp³-hybridized carbons (Fsp3) is 0.400. The maximum Gasteiger partial charge on any atom is 0.330 e. The largest absolute Gasteiger partial charge is 0.393 e. The van der Waals surface area contributed by atoms with Crippen molar-refractivity contribution in [1.29, 1.82) is 0 Å². The van der Waals surface area contributed by atoms with E-state index in [4.69, 9.17) is 15.3 Å². The summed E-state index contributed by atoms with van der Waals surface area (Å²) < 4.78 is 35.5. The molecule has 1 aromatic rings. The zero-order valence-corrected chi connectivity index (χ0v) is 8.14. The molecule has 0 saturated carbocycles. The van der Waals surface area contributed by atoms with Gasteiger partial charge in [-0.15, -0.1) is 0 Å². The molecule has 0 spiro atoms. The highest BCUT2D eigenvalue weighted by Gasteiger charge is 2.20. The maximum absolute atomic E-state index is 11.7. The summed E-state index contributed by atoms with van der Waals surface area (Å²) in [4.78, 5) is 25.2. The van der Waals surface area contributed by atoms with Gasteiger partial charge in [0.25, 0.3) is 5.56 Å². The number of aromatic nitrogens is 2. The van der Waals surface area contributed by atoms with Crippen molar-refractivity contribution in [2.45, 2.75) is 19.2 Å². The lowest BCUT2D eigenvalue weighted by Gasteiger charge is -2.14. The van der Waals surface area contributed by atoms with E-state index in [0.717, 1.165) is 4.57 Å². The molecule has 0 unspecified atom stereocenters. The summed E-state index contributed by atoms with van der Waals surface area (Å²) in [5.41, 5.74) is -2.83. The average molecular weight is 228 g/mol. The quantitative estimate of drug-likeness (QED) is 0.655. The van der Waals surface area contributed by atoms with Crippen LogP contribution in [0.2, 0.25) is 0 Å². The average Bonchev–Trinajstić information content (AvgIpc) is 2.74. The van der Waals surface area contributed by atoms with Crippen LogP contribution in [0.1, 0.15) is 17.3 Å². The molecule has 1 aliphatic heterocycles. The van der Waals surface area contributed by atoms with Gasteiger partial charge in [0.15, 0.2) is 6.23 Å². The molecule has 1 aliphatic rings. The van der Waals surface area contributed by atoms with Crippen LogP contribution in [0.4, 0.5) is 0 Å². The van der Waals surface area contributed by atoms with E-state index < -0.39 is 42.2 Å². The highest BCUT2D eigenvalue weighted by atomic mass is 16.5. The molecular formula is C10H12N2O4. The smallest absolute Gasteiger partial charge is 0.330 e. The van der Waals surface area contributed by atoms with Gasteiger partial charge >= 0.3 is 5.69 Å². The molecule has 2 rings (SSSR count). The fourth-order valence-corrected chi connectivity index (χ4v) is 1.36. The molecule has 0 bridgehead atoms. The summed E-state index contributed by atoms with van der Waals surface area (Å²) >= 11 is 0. The third-order valence-corrected chi connectivity index (χ3v) is 2.14. The van der Waals surface area contributed by atoms with Gasteiger partial charge < -0.3 is 9.84 Å². The Morgan fingerprint density at radius 2 is 2.50 bits per heavy atom. The number of hydrogen-bond acceptors (Lipinski definition) is 4. The van der Waals surface area contributed by atoms with Crippen LogP contribution < -0.4 is 11.2 Å². The predicted octanol–water partition coefficient (Wildman–Crippen LogP) is -0.709. The number of nitrogens with one attached hydrogen (secondary N) is 1. The van der Waals surface area contributed by atoms with Gasteiger partial charge in [0.2, 0.25) is 0 Å². The van der Waals surface area contributed by atoms with E-state index in [-0.39, 0.29) is 6.61 Å². The van der Waals surface area contributed by atoms with Crippen LogP contribution in [0.5, 0.6) is 0 Å². The first kappa shape index (κ1) is 6.82. The van der Waals surface area contributed by atoms with E-state index in [0.29, 0.717) is 0 Å². The van der Waals surface area contributed by atoms with E-state index >= 15 is 0 Å². The Kier molecular flexibility index (Phi) is 1.74. The Morgan fingerprint density at radius 3 is 3.12 bits per heavy atom. The second-order valence-electron chi connectivity index (χ2n) is 3.25. The van der Waals surface area contributed by atoms with Crippen molar-refractivity contribution in [3.63, 3.8) is 0 Å². The molecule has 0 aliphatic carbocycles. The van der Waals surface area contributed by atoms with Gasteiger partial charge in [0.05, 0.1) is 7.98 Å². The molecule has 0 fully saturated rings. The first-order valence-electron chi connectivity index (χ1n) is 6.56. The van der Waals surface area contributed by atoms with Crippen molar-refractivity contribution in [3.8, 4) is 0 Å². The second-order valence-corrected chi connectivity index (χ2v) is 3.25. The predicted molar refractivity (Wildman–Crippen MR) is 56.2 cm³/mol. The minimum atomic E-state index is -2.82. The number of aliphatic hydroxyl groups excluding tert-OH is 1. The topological polar surface area (TPSA) is 84.3 Å². The molecule has 86 valence electrons. The monoisotopic (exact) mass is 228 g/mol. The molecule has 2 N–H and O–H groups in total. The summed E-state index contributed by atoms with van der Waals surface area (Å²) in [7, 11) is 0. The van der Waals surface area contributed by atoms with Crippen LogP contribution in [-0.2, 0) is 4.74 Å². The molecule has 0 radical (unpaired) electrons. The summed E-state index contributed by atoms with van der Waals surface area (Å²) in [5.74, 6) is 0. The standard InChI is InChI=1S/C10H12N2O4/c1-6-4-12(10(15)11-9(6)14)8-3-2-7(5-13)16-8/h2-4,7-8,13H,5H2,1H3,(H,11,14,15)/t7-,8+/m0/s1/i1D3,4D. The van der Waals surface area contributed by atoms with Crippen molar-refractivity contribution in [2.24, 2.45) is 0 Å². The number of hydrogen-bond donors (Lipinski definition) is 2. The van der Waals surface area contributed by atoms with Gasteiger partial charge in [-0.25, -0.2) is 4.79 Å². The van der Waals surface area contributed by atoms with Crippen molar-refractivity contribution >= 4 is 0 Å². The van der Waals surface area contributed by atoms with Crippen molar-refractivity contribution in [3.05, 3.63) is 44.7 Å². The zero-order chi connectivity index (χ0) is 15.1. The Balaban J connectivity index is 2.59. The van der Waals surface area contributed by atoms with E-state index in [1.165, 1.54) is 12.2 Å². The molecule has 2 heterocycles. The minimum Gasteiger partial charge on any atom is -0.393 e. The molecule has 2 atom stereocenters. The van der Waals surface area contributed by atoms with Gasteiger partial charge in [-0.3, -0.25) is 14.3 Å². The Bertz CT molecular complexity index is 661. The highest BCUT2D eigenvalue weighted by molar-refractivity contribution is 5.06. The summed E-state index contributed by atoms with van der Waals surface area (Å²) in [5, 5.41) is 8.94. The molecular weight excluding hydrogens is 212 g/mol. The normalized spacial score (nSPS) is 28.3. The van der Waals surface area contributed by atoms with Crippen molar-refractivity contribution in [2.75, 3.05) is 6.61 Å². The molecule has 6 nitrogen and oxygen atoms in total. The second kappa shape index (κ2) is 4.07. The number of ether oxygens (including phenoxy) is 1. The third kappa shape index (κ3) is 1.84. The Hall–Kier alpha value is -1.66. The Morgan fingerprint density at radius 1 is 1.69 bits per heavy atom. The van der Waals surface area contributed by atoms with E-state index in [1.807, 2.05) is 4.98 Å². The summed E-state index contributed by atoms with van der Waals surface area (Å²) in [6, 6.07) is 0. The summed E-state index contributed by atoms with van der Waals surface area (Å²) in [6.07, 6.45) is 0.477. The number of rotatable bonds is 2. The van der Waals surface area contributed by atoms with Crippen LogP contribution in [0.25, 0.3) is 0 Å². The lowest BCUT2D eigenvalue weighted by atomic mass is 10.3. The first-order chi connectivity index (χ1) is 9.25. The van der Waals surface area contributed by atoms with Crippen molar-refractivity contribution in [1.82, 2.24) is 9.55 Å². The number of aromatic amines is 1. The van der Waals surface area contributed by atoms with Gasteiger partial charge in [-0.2, -0.15) is 0 Å². The van der Waals surface area contributed by atoms with Crippen LogP contribution in [-0.4, -0.2) is 27.4 Å². The summed E-state index contributed by atoms with van der Waals surface area (Å²) in [6.45, 7) is -3.14. The zero-order valence-electron chi connectivity index (χ0n) is 12.1. The molecule has 0 aromatic carbocycles. The number of aliphatic hydroxyl groups is 1. The maximum atomic E-state index is 11.7. The molecule has 0 amide bonds. The van der Waals surface area contributed by atoms with Crippen LogP contribution >= 0.6 is 0 Å². The lowest BCUT2D eigenvalue weighted by Crippen LogP contribution is -2.33. The Labute approximate surface area is 96.4 Å². The number of H-pyrrole nitrogens is 1. The lowest BCUT2D eigenvalue weighted by molar-refractivity contribution is -0.0104. The fourth-order valence-electron chi connectivity index (χ4n) is 1.36. The third-order valence-electron chi connectivity index (χ3n) is 2.14. The van der Waals surface area contributed by atoms with Gasteiger partial charge in [-0.05, 0) is 12.9 Å². The molecule has 16 heavy (non-hydrogen) atoms. The van der Waals surface area contributed by atoms with Crippen LogP contribution in [0.3, 0.4) is 0 Å². The van der Waals surface area contributed by atoms with Gasteiger partial charge in [0, 0.05) is 15.8 Å².